The Hall–Kier alpha value is -5.56. The molecule has 2 heterocycles. The predicted octanol–water partition coefficient (Wildman–Crippen LogP) is 5.18. The number of nitrogens with zero attached hydrogens (tertiary/aromatic N) is 4. The predicted molar refractivity (Wildman–Crippen MR) is 161 cm³/mol. The number of carbonyl (C=O) groups is 2. The van der Waals surface area contributed by atoms with Crippen molar-refractivity contribution in [2.75, 3.05) is 6.54 Å². The van der Waals surface area contributed by atoms with Crippen molar-refractivity contribution in [3.05, 3.63) is 137 Å². The fraction of sp³-hybridized carbons (Fsp3) is 0.182. The Morgan fingerprint density at radius 3 is 2.11 bits per heavy atom. The zero-order valence-electron chi connectivity index (χ0n) is 24.4. The van der Waals surface area contributed by atoms with Crippen molar-refractivity contribution in [1.29, 1.82) is 0 Å². The van der Waals surface area contributed by atoms with Crippen LogP contribution in [-0.2, 0) is 31.1 Å². The van der Waals surface area contributed by atoms with Crippen LogP contribution in [-0.4, -0.2) is 44.5 Å². The van der Waals surface area contributed by atoms with E-state index in [4.69, 9.17) is 9.47 Å². The highest BCUT2D eigenvalue weighted by Crippen LogP contribution is 2.18. The Balaban J connectivity index is 1.29. The molecular formula is C33H29F3N6O4. The Kier molecular flexibility index (Phi) is 10.4. The second kappa shape index (κ2) is 14.9. The normalized spacial score (nSPS) is 11.2. The first-order chi connectivity index (χ1) is 22.2. The standard InChI is InChI=1S/C33H29F3N6O4/c34-33(35,36)22-39-31(43)26-11-13-27(14-12-26)42-28(21-45-19-23-7-3-1-4-8-23)30(40-41-42)32(44)38-18-25-15-16-37-29(17-25)46-20-24-9-5-2-6-10-24/h1-17H,18-22H2,(H,38,44)(H,39,43). The molecule has 0 aliphatic rings. The van der Waals surface area contributed by atoms with Crippen LogP contribution < -0.4 is 15.4 Å². The summed E-state index contributed by atoms with van der Waals surface area (Å²) in [4.78, 5) is 29.7. The summed E-state index contributed by atoms with van der Waals surface area (Å²) in [6, 6.07) is 28.3. The summed E-state index contributed by atoms with van der Waals surface area (Å²) in [5.41, 5.74) is 3.47. The van der Waals surface area contributed by atoms with Gasteiger partial charge in [-0.2, -0.15) is 13.2 Å². The number of pyridine rings is 1. The van der Waals surface area contributed by atoms with Crippen LogP contribution in [0.25, 0.3) is 5.69 Å². The van der Waals surface area contributed by atoms with E-state index in [9.17, 15) is 22.8 Å². The summed E-state index contributed by atoms with van der Waals surface area (Å²) in [7, 11) is 0. The van der Waals surface area contributed by atoms with E-state index in [1.165, 1.54) is 28.9 Å². The smallest absolute Gasteiger partial charge is 0.405 e. The van der Waals surface area contributed by atoms with Gasteiger partial charge < -0.3 is 20.1 Å². The number of halogens is 3. The average molecular weight is 631 g/mol. The van der Waals surface area contributed by atoms with E-state index in [1.807, 2.05) is 66.0 Å². The quantitative estimate of drug-likeness (QED) is 0.184. The van der Waals surface area contributed by atoms with Crippen molar-refractivity contribution >= 4 is 11.8 Å². The van der Waals surface area contributed by atoms with Crippen LogP contribution in [0.2, 0.25) is 0 Å². The molecule has 3 aromatic carbocycles. The summed E-state index contributed by atoms with van der Waals surface area (Å²) in [5, 5.41) is 12.9. The first kappa shape index (κ1) is 31.9. The number of carbonyl (C=O) groups excluding carboxylic acids is 2. The molecule has 13 heteroatoms. The molecule has 2 aromatic heterocycles. The molecule has 0 fully saturated rings. The Morgan fingerprint density at radius 1 is 0.761 bits per heavy atom. The molecule has 0 saturated heterocycles. The summed E-state index contributed by atoms with van der Waals surface area (Å²) in [5.74, 6) is -0.970. The average Bonchev–Trinajstić information content (AvgIpc) is 3.50. The maximum atomic E-state index is 13.3. The number of rotatable bonds is 13. The van der Waals surface area contributed by atoms with Gasteiger partial charge in [0.25, 0.3) is 11.8 Å². The molecule has 5 aromatic rings. The van der Waals surface area contributed by atoms with Gasteiger partial charge in [0, 0.05) is 24.4 Å². The zero-order chi connectivity index (χ0) is 32.4. The van der Waals surface area contributed by atoms with E-state index in [1.54, 1.807) is 18.3 Å². The number of alkyl halides is 3. The number of ether oxygens (including phenoxy) is 2. The Labute approximate surface area is 262 Å². The van der Waals surface area contributed by atoms with E-state index in [0.29, 0.717) is 23.9 Å². The third kappa shape index (κ3) is 8.99. The third-order valence-corrected chi connectivity index (χ3v) is 6.63. The minimum atomic E-state index is -4.53. The first-order valence-corrected chi connectivity index (χ1v) is 14.2. The van der Waals surface area contributed by atoms with Crippen molar-refractivity contribution in [2.45, 2.75) is 32.5 Å². The van der Waals surface area contributed by atoms with Crippen molar-refractivity contribution in [3.63, 3.8) is 0 Å². The highest BCUT2D eigenvalue weighted by atomic mass is 19.4. The van der Waals surface area contributed by atoms with Crippen molar-refractivity contribution in [3.8, 4) is 11.6 Å². The van der Waals surface area contributed by atoms with E-state index >= 15 is 0 Å². The molecule has 0 aliphatic carbocycles. The van der Waals surface area contributed by atoms with Gasteiger partial charge in [0.15, 0.2) is 5.69 Å². The van der Waals surface area contributed by atoms with Crippen molar-refractivity contribution < 1.29 is 32.2 Å². The number of amides is 2. The van der Waals surface area contributed by atoms with Crippen LogP contribution in [0.1, 0.15) is 43.2 Å². The molecule has 46 heavy (non-hydrogen) atoms. The molecule has 0 spiro atoms. The van der Waals surface area contributed by atoms with Gasteiger partial charge in [0.2, 0.25) is 5.88 Å². The monoisotopic (exact) mass is 630 g/mol. The molecular weight excluding hydrogens is 601 g/mol. The lowest BCUT2D eigenvalue weighted by Crippen LogP contribution is -2.33. The van der Waals surface area contributed by atoms with Crippen molar-refractivity contribution in [1.82, 2.24) is 30.6 Å². The topological polar surface area (TPSA) is 120 Å². The molecule has 0 bridgehead atoms. The molecule has 5 rings (SSSR count). The lowest BCUT2D eigenvalue weighted by molar-refractivity contribution is -0.123. The SMILES string of the molecule is O=C(NCC(F)(F)F)c1ccc(-n2nnc(C(=O)NCc3ccnc(OCc4ccccc4)c3)c2COCc2ccccc2)cc1. The number of hydrogen-bond donors (Lipinski definition) is 2. The number of hydrogen-bond acceptors (Lipinski definition) is 7. The van der Waals surface area contributed by atoms with Crippen LogP contribution in [0.15, 0.2) is 103 Å². The highest BCUT2D eigenvalue weighted by molar-refractivity contribution is 5.94. The molecule has 0 saturated carbocycles. The minimum absolute atomic E-state index is 0.0228. The van der Waals surface area contributed by atoms with E-state index in [2.05, 4.69) is 20.6 Å². The molecule has 236 valence electrons. The van der Waals surface area contributed by atoms with Crippen LogP contribution in [0.3, 0.4) is 0 Å². The summed E-state index contributed by atoms with van der Waals surface area (Å²) >= 11 is 0. The first-order valence-electron chi connectivity index (χ1n) is 14.2. The fourth-order valence-electron chi connectivity index (χ4n) is 4.33. The zero-order valence-corrected chi connectivity index (χ0v) is 24.4. The number of nitrogens with one attached hydrogen (secondary N) is 2. The van der Waals surface area contributed by atoms with Crippen LogP contribution in [0.4, 0.5) is 13.2 Å². The van der Waals surface area contributed by atoms with Crippen LogP contribution >= 0.6 is 0 Å². The number of benzene rings is 3. The third-order valence-electron chi connectivity index (χ3n) is 6.63. The molecule has 2 amide bonds. The second-order valence-corrected chi connectivity index (χ2v) is 10.1. The van der Waals surface area contributed by atoms with Gasteiger partial charge in [-0.05, 0) is 47.0 Å². The van der Waals surface area contributed by atoms with Gasteiger partial charge in [-0.15, -0.1) is 5.10 Å². The summed E-state index contributed by atoms with van der Waals surface area (Å²) in [6.07, 6.45) is -2.94. The van der Waals surface area contributed by atoms with Crippen molar-refractivity contribution in [2.24, 2.45) is 0 Å². The largest absolute Gasteiger partial charge is 0.473 e. The summed E-state index contributed by atoms with van der Waals surface area (Å²) in [6.45, 7) is -0.723. The lowest BCUT2D eigenvalue weighted by Gasteiger charge is -2.11. The van der Waals surface area contributed by atoms with Gasteiger partial charge in [0.05, 0.1) is 18.9 Å². The van der Waals surface area contributed by atoms with E-state index in [0.717, 1.165) is 16.7 Å². The maximum absolute atomic E-state index is 13.3. The maximum Gasteiger partial charge on any atom is 0.405 e. The van der Waals surface area contributed by atoms with Gasteiger partial charge >= 0.3 is 6.18 Å². The van der Waals surface area contributed by atoms with Gasteiger partial charge in [-0.3, -0.25) is 9.59 Å². The van der Waals surface area contributed by atoms with Crippen LogP contribution in [0.5, 0.6) is 5.88 Å². The number of aromatic nitrogens is 4. The lowest BCUT2D eigenvalue weighted by atomic mass is 10.2. The molecule has 0 radical (unpaired) electrons. The molecule has 0 aliphatic heterocycles. The van der Waals surface area contributed by atoms with Gasteiger partial charge in [0.1, 0.15) is 18.8 Å². The Morgan fingerprint density at radius 2 is 1.43 bits per heavy atom. The molecule has 2 N–H and O–H groups in total. The molecule has 0 unspecified atom stereocenters. The van der Waals surface area contributed by atoms with Gasteiger partial charge in [-0.25, -0.2) is 9.67 Å². The molecule has 0 atom stereocenters. The Bertz CT molecular complexity index is 1750. The molecule has 10 nitrogen and oxygen atoms in total. The minimum Gasteiger partial charge on any atom is -0.473 e. The van der Waals surface area contributed by atoms with Crippen LogP contribution in [0, 0.1) is 0 Å². The second-order valence-electron chi connectivity index (χ2n) is 10.1. The highest BCUT2D eigenvalue weighted by Gasteiger charge is 2.28. The van der Waals surface area contributed by atoms with E-state index in [-0.39, 0.29) is 31.0 Å². The summed E-state index contributed by atoms with van der Waals surface area (Å²) < 4.78 is 50.6. The van der Waals surface area contributed by atoms with E-state index < -0.39 is 24.5 Å². The fourth-order valence-corrected chi connectivity index (χ4v) is 4.33. The van der Waals surface area contributed by atoms with Gasteiger partial charge in [-0.1, -0.05) is 65.9 Å².